The van der Waals surface area contributed by atoms with Crippen LogP contribution in [0.2, 0.25) is 0 Å². The minimum absolute atomic E-state index is 0.114. The number of ether oxygens (including phenoxy) is 1. The van der Waals surface area contributed by atoms with Crippen LogP contribution in [-0.2, 0) is 6.42 Å². The highest BCUT2D eigenvalue weighted by atomic mass is 16.6. The molecule has 0 saturated carbocycles. The molecule has 0 aliphatic rings. The molecule has 0 radical (unpaired) electrons. The quantitative estimate of drug-likeness (QED) is 0.397. The molecule has 1 heterocycles. The molecule has 0 aliphatic heterocycles. The van der Waals surface area contributed by atoms with Gasteiger partial charge in [0.05, 0.1) is 23.0 Å². The van der Waals surface area contributed by atoms with Crippen LogP contribution >= 0.6 is 0 Å². The standard InChI is InChI=1S/C19H15NO5/c1-3-7-12-8-6-10-14-17(21)16(20(22)23)19(25-18(12)14)13-9-4-5-11-15(13)24-2/h3-6,8-11H,1,7H2,2H3. The van der Waals surface area contributed by atoms with Crippen molar-refractivity contribution in [1.82, 2.24) is 0 Å². The highest BCUT2D eigenvalue weighted by Gasteiger charge is 2.28. The maximum Gasteiger partial charge on any atom is 0.359 e. The number of allylic oxidation sites excluding steroid dienone is 1. The lowest BCUT2D eigenvalue weighted by Crippen LogP contribution is -2.11. The second kappa shape index (κ2) is 6.60. The molecule has 3 aromatic rings. The van der Waals surface area contributed by atoms with Crippen LogP contribution in [-0.4, -0.2) is 12.0 Å². The highest BCUT2D eigenvalue weighted by molar-refractivity contribution is 5.87. The van der Waals surface area contributed by atoms with Gasteiger partial charge in [0.15, 0.2) is 0 Å². The SMILES string of the molecule is C=CCc1cccc2c(=O)c([N+](=O)[O-])c(-c3ccccc3OC)oc12. The van der Waals surface area contributed by atoms with Gasteiger partial charge in [0, 0.05) is 0 Å². The maximum atomic E-state index is 12.8. The van der Waals surface area contributed by atoms with Gasteiger partial charge < -0.3 is 9.15 Å². The van der Waals surface area contributed by atoms with Crippen molar-refractivity contribution >= 4 is 16.7 Å². The van der Waals surface area contributed by atoms with E-state index in [9.17, 15) is 14.9 Å². The summed E-state index contributed by atoms with van der Waals surface area (Å²) in [5, 5.41) is 11.7. The van der Waals surface area contributed by atoms with Crippen LogP contribution in [0, 0.1) is 10.1 Å². The topological polar surface area (TPSA) is 82.6 Å². The summed E-state index contributed by atoms with van der Waals surface area (Å²) in [6.07, 6.45) is 2.16. The van der Waals surface area contributed by atoms with Crippen LogP contribution in [0.1, 0.15) is 5.56 Å². The van der Waals surface area contributed by atoms with Gasteiger partial charge in [-0.15, -0.1) is 6.58 Å². The fourth-order valence-electron chi connectivity index (χ4n) is 2.76. The summed E-state index contributed by atoms with van der Waals surface area (Å²) in [5.74, 6) is 0.269. The lowest BCUT2D eigenvalue weighted by Gasteiger charge is -2.10. The average Bonchev–Trinajstić information content (AvgIpc) is 2.62. The predicted molar refractivity (Wildman–Crippen MR) is 95.0 cm³/mol. The molecular weight excluding hydrogens is 322 g/mol. The number of methoxy groups -OCH3 is 1. The van der Waals surface area contributed by atoms with Gasteiger partial charge in [-0.3, -0.25) is 14.9 Å². The molecule has 0 amide bonds. The third-order valence-electron chi connectivity index (χ3n) is 3.87. The van der Waals surface area contributed by atoms with E-state index in [4.69, 9.17) is 9.15 Å². The monoisotopic (exact) mass is 337 g/mol. The van der Waals surface area contributed by atoms with Gasteiger partial charge in [0.1, 0.15) is 11.3 Å². The third-order valence-corrected chi connectivity index (χ3v) is 3.87. The number of rotatable bonds is 5. The van der Waals surface area contributed by atoms with Crippen molar-refractivity contribution in [1.29, 1.82) is 0 Å². The van der Waals surface area contributed by atoms with Crippen molar-refractivity contribution in [2.75, 3.05) is 7.11 Å². The van der Waals surface area contributed by atoms with Gasteiger partial charge in [0.2, 0.25) is 5.76 Å². The maximum absolute atomic E-state index is 12.8. The summed E-state index contributed by atoms with van der Waals surface area (Å²) in [5.41, 5.74) is 0.115. The average molecular weight is 337 g/mol. The number of nitro groups is 1. The summed E-state index contributed by atoms with van der Waals surface area (Å²) in [6, 6.07) is 11.7. The summed E-state index contributed by atoms with van der Waals surface area (Å²) in [4.78, 5) is 23.6. The Bertz CT molecular complexity index is 1040. The zero-order chi connectivity index (χ0) is 18.0. The first-order valence-electron chi connectivity index (χ1n) is 7.55. The smallest absolute Gasteiger partial charge is 0.359 e. The van der Waals surface area contributed by atoms with E-state index in [1.807, 2.05) is 0 Å². The summed E-state index contributed by atoms with van der Waals surface area (Å²) < 4.78 is 11.1. The van der Waals surface area contributed by atoms with Crippen molar-refractivity contribution in [3.8, 4) is 17.1 Å². The van der Waals surface area contributed by atoms with Crippen molar-refractivity contribution < 1.29 is 14.1 Å². The van der Waals surface area contributed by atoms with Crippen LogP contribution in [0.4, 0.5) is 5.69 Å². The second-order valence-corrected chi connectivity index (χ2v) is 5.35. The Kier molecular flexibility index (Phi) is 4.35. The molecule has 0 spiro atoms. The number of hydrogen-bond donors (Lipinski definition) is 0. The van der Waals surface area contributed by atoms with Crippen LogP contribution < -0.4 is 10.2 Å². The Labute approximate surface area is 143 Å². The van der Waals surface area contributed by atoms with Crippen molar-refractivity contribution in [2.45, 2.75) is 6.42 Å². The Balaban J connectivity index is 2.47. The van der Waals surface area contributed by atoms with Gasteiger partial charge >= 0.3 is 5.69 Å². The number of nitrogens with zero attached hydrogens (tertiary/aromatic N) is 1. The molecule has 1 aromatic heterocycles. The lowest BCUT2D eigenvalue weighted by molar-refractivity contribution is -0.386. The molecule has 0 fully saturated rings. The zero-order valence-electron chi connectivity index (χ0n) is 13.5. The number of benzene rings is 2. The van der Waals surface area contributed by atoms with Gasteiger partial charge in [0.25, 0.3) is 5.43 Å². The number of para-hydroxylation sites is 2. The fraction of sp³-hybridized carbons (Fsp3) is 0.105. The van der Waals surface area contributed by atoms with E-state index >= 15 is 0 Å². The first kappa shape index (κ1) is 16.4. The molecule has 0 unspecified atom stereocenters. The number of fused-ring (bicyclic) bond motifs is 1. The van der Waals surface area contributed by atoms with Crippen LogP contribution in [0.15, 0.2) is 64.3 Å². The normalized spacial score (nSPS) is 10.6. The summed E-state index contributed by atoms with van der Waals surface area (Å²) in [7, 11) is 1.45. The molecule has 0 saturated heterocycles. The molecule has 6 heteroatoms. The van der Waals surface area contributed by atoms with Crippen molar-refractivity contribution in [3.63, 3.8) is 0 Å². The van der Waals surface area contributed by atoms with E-state index in [0.717, 1.165) is 5.56 Å². The lowest BCUT2D eigenvalue weighted by atomic mass is 10.0. The van der Waals surface area contributed by atoms with E-state index < -0.39 is 16.0 Å². The van der Waals surface area contributed by atoms with Gasteiger partial charge in [-0.05, 0) is 30.2 Å². The molecule has 3 rings (SSSR count). The molecule has 25 heavy (non-hydrogen) atoms. The summed E-state index contributed by atoms with van der Waals surface area (Å²) >= 11 is 0. The summed E-state index contributed by atoms with van der Waals surface area (Å²) in [6.45, 7) is 3.69. The Morgan fingerprint density at radius 3 is 2.68 bits per heavy atom. The van der Waals surface area contributed by atoms with Crippen molar-refractivity contribution in [2.24, 2.45) is 0 Å². The Morgan fingerprint density at radius 1 is 1.24 bits per heavy atom. The second-order valence-electron chi connectivity index (χ2n) is 5.35. The third kappa shape index (κ3) is 2.78. The molecule has 0 bridgehead atoms. The van der Waals surface area contributed by atoms with E-state index in [1.54, 1.807) is 42.5 Å². The molecule has 126 valence electrons. The van der Waals surface area contributed by atoms with Crippen LogP contribution in [0.25, 0.3) is 22.3 Å². The van der Waals surface area contributed by atoms with E-state index in [-0.39, 0.29) is 11.1 Å². The van der Waals surface area contributed by atoms with E-state index in [2.05, 4.69) is 6.58 Å². The van der Waals surface area contributed by atoms with E-state index in [1.165, 1.54) is 13.2 Å². The molecule has 0 atom stereocenters. The molecule has 2 aromatic carbocycles. The Morgan fingerprint density at radius 2 is 2.00 bits per heavy atom. The van der Waals surface area contributed by atoms with Crippen molar-refractivity contribution in [3.05, 3.63) is 81.0 Å². The van der Waals surface area contributed by atoms with Crippen LogP contribution in [0.5, 0.6) is 5.75 Å². The first-order chi connectivity index (χ1) is 12.1. The first-order valence-corrected chi connectivity index (χ1v) is 7.55. The Hall–Kier alpha value is -3.41. The molecule has 6 nitrogen and oxygen atoms in total. The van der Waals surface area contributed by atoms with E-state index in [0.29, 0.717) is 23.3 Å². The molecule has 0 aliphatic carbocycles. The van der Waals surface area contributed by atoms with Gasteiger partial charge in [-0.2, -0.15) is 0 Å². The largest absolute Gasteiger partial charge is 0.496 e. The van der Waals surface area contributed by atoms with Crippen LogP contribution in [0.3, 0.4) is 0 Å². The molecular formula is C19H15NO5. The molecule has 0 N–H and O–H groups in total. The minimum atomic E-state index is -0.715. The number of hydrogen-bond acceptors (Lipinski definition) is 5. The zero-order valence-corrected chi connectivity index (χ0v) is 13.5. The fourth-order valence-corrected chi connectivity index (χ4v) is 2.76. The predicted octanol–water partition coefficient (Wildman–Crippen LogP) is 4.11. The van der Waals surface area contributed by atoms with Gasteiger partial charge in [-0.25, -0.2) is 0 Å². The minimum Gasteiger partial charge on any atom is -0.496 e. The van der Waals surface area contributed by atoms with Gasteiger partial charge in [-0.1, -0.05) is 30.3 Å². The highest BCUT2D eigenvalue weighted by Crippen LogP contribution is 2.36.